The molecular formula is C12H22N4. The first-order valence-corrected chi connectivity index (χ1v) is 6.08. The minimum Gasteiger partial charge on any atom is -0.356 e. The highest BCUT2D eigenvalue weighted by Crippen LogP contribution is 2.09. The Morgan fingerprint density at radius 2 is 1.88 bits per heavy atom. The van der Waals surface area contributed by atoms with Gasteiger partial charge in [0, 0.05) is 38.4 Å². The maximum atomic E-state index is 4.64. The summed E-state index contributed by atoms with van der Waals surface area (Å²) in [5.41, 5.74) is 0. The molecule has 0 unspecified atom stereocenters. The van der Waals surface area contributed by atoms with Crippen LogP contribution >= 0.6 is 0 Å². The van der Waals surface area contributed by atoms with Crippen molar-refractivity contribution in [3.05, 3.63) is 12.3 Å². The first kappa shape index (κ1) is 11.5. The van der Waals surface area contributed by atoms with E-state index in [2.05, 4.69) is 52.9 Å². The van der Waals surface area contributed by atoms with E-state index in [1.165, 1.54) is 0 Å². The van der Waals surface area contributed by atoms with E-state index < -0.39 is 0 Å². The smallest absolute Gasteiger partial charge is 0.127 e. The molecule has 1 fully saturated rings. The predicted molar refractivity (Wildman–Crippen MR) is 67.5 cm³/mol. The zero-order chi connectivity index (χ0) is 11.5. The number of hydrogen-bond donors (Lipinski definition) is 0. The van der Waals surface area contributed by atoms with E-state index in [0.717, 1.165) is 38.7 Å². The van der Waals surface area contributed by atoms with Crippen molar-refractivity contribution in [2.75, 3.05) is 39.9 Å². The van der Waals surface area contributed by atoms with Crippen LogP contribution in [0.1, 0.15) is 13.8 Å². The van der Waals surface area contributed by atoms with Crippen LogP contribution in [0.2, 0.25) is 0 Å². The van der Waals surface area contributed by atoms with Gasteiger partial charge in [-0.25, -0.2) is 4.99 Å². The Morgan fingerprint density at radius 3 is 2.38 bits per heavy atom. The molecule has 0 aromatic carbocycles. The SMILES string of the molecule is CC(C)N1C=CC(N2CCN(C)CC2)=NC1. The Hall–Kier alpha value is -1.03. The fourth-order valence-electron chi connectivity index (χ4n) is 1.99. The van der Waals surface area contributed by atoms with Gasteiger partial charge in [0.1, 0.15) is 12.5 Å². The summed E-state index contributed by atoms with van der Waals surface area (Å²) in [6, 6.07) is 0.536. The molecule has 0 saturated carbocycles. The number of aliphatic imine (C=N–C) groups is 1. The molecule has 0 amide bonds. The van der Waals surface area contributed by atoms with Crippen LogP contribution in [0.15, 0.2) is 17.3 Å². The Morgan fingerprint density at radius 1 is 1.19 bits per heavy atom. The van der Waals surface area contributed by atoms with Crippen molar-refractivity contribution in [2.45, 2.75) is 19.9 Å². The molecule has 0 N–H and O–H groups in total. The summed E-state index contributed by atoms with van der Waals surface area (Å²) in [4.78, 5) is 11.6. The van der Waals surface area contributed by atoms with Crippen molar-refractivity contribution in [3.63, 3.8) is 0 Å². The average Bonchev–Trinajstić information content (AvgIpc) is 2.30. The van der Waals surface area contributed by atoms with Crippen LogP contribution in [0.4, 0.5) is 0 Å². The molecule has 0 spiro atoms. The zero-order valence-corrected chi connectivity index (χ0v) is 10.6. The van der Waals surface area contributed by atoms with Gasteiger partial charge < -0.3 is 14.7 Å². The van der Waals surface area contributed by atoms with Crippen molar-refractivity contribution in [3.8, 4) is 0 Å². The molecule has 16 heavy (non-hydrogen) atoms. The Bertz CT molecular complexity index is 287. The molecule has 1 saturated heterocycles. The summed E-state index contributed by atoms with van der Waals surface area (Å²) in [6.45, 7) is 9.67. The van der Waals surface area contributed by atoms with Crippen LogP contribution in [-0.2, 0) is 0 Å². The standard InChI is InChI=1S/C12H22N4/c1-11(2)16-5-4-12(13-10-16)15-8-6-14(3)7-9-15/h4-5,11H,6-10H2,1-3H3. The molecule has 4 nitrogen and oxygen atoms in total. The highest BCUT2D eigenvalue weighted by Gasteiger charge is 2.18. The third-order valence-electron chi connectivity index (χ3n) is 3.30. The van der Waals surface area contributed by atoms with E-state index >= 15 is 0 Å². The highest BCUT2D eigenvalue weighted by molar-refractivity contribution is 5.93. The van der Waals surface area contributed by atoms with Gasteiger partial charge in [0.2, 0.25) is 0 Å². The number of rotatable bonds is 1. The fourth-order valence-corrected chi connectivity index (χ4v) is 1.99. The molecule has 2 aliphatic heterocycles. The van der Waals surface area contributed by atoms with Gasteiger partial charge in [0.15, 0.2) is 0 Å². The van der Waals surface area contributed by atoms with Crippen LogP contribution in [0.3, 0.4) is 0 Å². The molecule has 0 bridgehead atoms. The lowest BCUT2D eigenvalue weighted by molar-refractivity contribution is 0.213. The van der Waals surface area contributed by atoms with E-state index in [-0.39, 0.29) is 0 Å². The van der Waals surface area contributed by atoms with Gasteiger partial charge in [-0.3, -0.25) is 0 Å². The van der Waals surface area contributed by atoms with E-state index in [0.29, 0.717) is 6.04 Å². The molecule has 90 valence electrons. The van der Waals surface area contributed by atoms with E-state index in [4.69, 9.17) is 0 Å². The summed E-state index contributed by atoms with van der Waals surface area (Å²) in [6.07, 6.45) is 4.32. The lowest BCUT2D eigenvalue weighted by atomic mass is 10.3. The number of piperazine rings is 1. The van der Waals surface area contributed by atoms with Gasteiger partial charge in [0.25, 0.3) is 0 Å². The summed E-state index contributed by atoms with van der Waals surface area (Å²) in [7, 11) is 2.18. The lowest BCUT2D eigenvalue weighted by Crippen LogP contribution is -2.47. The van der Waals surface area contributed by atoms with E-state index in [1.54, 1.807) is 0 Å². The molecule has 2 rings (SSSR count). The summed E-state index contributed by atoms with van der Waals surface area (Å²) in [5, 5.41) is 0. The average molecular weight is 222 g/mol. The van der Waals surface area contributed by atoms with Gasteiger partial charge in [-0.15, -0.1) is 0 Å². The minimum absolute atomic E-state index is 0.536. The van der Waals surface area contributed by atoms with Crippen molar-refractivity contribution in [1.29, 1.82) is 0 Å². The van der Waals surface area contributed by atoms with Gasteiger partial charge in [-0.1, -0.05) is 0 Å². The van der Waals surface area contributed by atoms with Crippen molar-refractivity contribution < 1.29 is 0 Å². The molecule has 0 aromatic heterocycles. The third-order valence-corrected chi connectivity index (χ3v) is 3.30. The molecule has 0 aliphatic carbocycles. The first-order chi connectivity index (χ1) is 7.66. The third kappa shape index (κ3) is 2.55. The van der Waals surface area contributed by atoms with E-state index in [9.17, 15) is 0 Å². The largest absolute Gasteiger partial charge is 0.356 e. The lowest BCUT2D eigenvalue weighted by Gasteiger charge is -2.36. The second-order valence-corrected chi connectivity index (χ2v) is 4.87. The van der Waals surface area contributed by atoms with Crippen molar-refractivity contribution >= 4 is 5.84 Å². The molecule has 0 aromatic rings. The van der Waals surface area contributed by atoms with Crippen molar-refractivity contribution in [1.82, 2.24) is 14.7 Å². The predicted octanol–water partition coefficient (Wildman–Crippen LogP) is 0.827. The van der Waals surface area contributed by atoms with Gasteiger partial charge in [0.05, 0.1) is 0 Å². The maximum Gasteiger partial charge on any atom is 0.127 e. The summed E-state index contributed by atoms with van der Waals surface area (Å²) in [5.74, 6) is 1.16. The number of likely N-dealkylation sites (N-methyl/N-ethyl adjacent to an activating group) is 1. The second kappa shape index (κ2) is 4.87. The van der Waals surface area contributed by atoms with Crippen molar-refractivity contribution in [2.24, 2.45) is 4.99 Å². The Labute approximate surface area is 98.2 Å². The highest BCUT2D eigenvalue weighted by atomic mass is 15.3. The van der Waals surface area contributed by atoms with Gasteiger partial charge >= 0.3 is 0 Å². The minimum atomic E-state index is 0.536. The van der Waals surface area contributed by atoms with Crippen LogP contribution in [0, 0.1) is 0 Å². The quantitative estimate of drug-likeness (QED) is 0.656. The van der Waals surface area contributed by atoms with Crippen LogP contribution < -0.4 is 0 Å². The number of hydrogen-bond acceptors (Lipinski definition) is 4. The van der Waals surface area contributed by atoms with Crippen LogP contribution in [0.25, 0.3) is 0 Å². The molecule has 0 atom stereocenters. The monoisotopic (exact) mass is 222 g/mol. The Balaban J connectivity index is 1.91. The van der Waals surface area contributed by atoms with Gasteiger partial charge in [-0.05, 0) is 27.0 Å². The summed E-state index contributed by atoms with van der Waals surface area (Å²) >= 11 is 0. The zero-order valence-electron chi connectivity index (χ0n) is 10.6. The maximum absolute atomic E-state index is 4.64. The Kier molecular flexibility index (Phi) is 3.49. The normalized spacial score (nSPS) is 22.9. The molecule has 2 heterocycles. The second-order valence-electron chi connectivity index (χ2n) is 4.87. The van der Waals surface area contributed by atoms with Crippen LogP contribution in [-0.4, -0.2) is 66.5 Å². The topological polar surface area (TPSA) is 22.1 Å². The van der Waals surface area contributed by atoms with Crippen LogP contribution in [0.5, 0.6) is 0 Å². The number of amidine groups is 1. The molecule has 4 heteroatoms. The van der Waals surface area contributed by atoms with Gasteiger partial charge in [-0.2, -0.15) is 0 Å². The van der Waals surface area contributed by atoms with E-state index in [1.807, 2.05) is 0 Å². The first-order valence-electron chi connectivity index (χ1n) is 6.08. The molecule has 2 aliphatic rings. The summed E-state index contributed by atoms with van der Waals surface area (Å²) < 4.78 is 0. The fraction of sp³-hybridized carbons (Fsp3) is 0.750. The molecular weight excluding hydrogens is 200 g/mol. The number of nitrogens with zero attached hydrogens (tertiary/aromatic N) is 4. The molecule has 0 radical (unpaired) electrons.